The van der Waals surface area contributed by atoms with Crippen molar-refractivity contribution in [1.29, 1.82) is 0 Å². The minimum Gasteiger partial charge on any atom is -0.333 e. The van der Waals surface area contributed by atoms with Gasteiger partial charge in [-0.15, -0.1) is 0 Å². The number of allylic oxidation sites excluding steroid dienone is 2. The topological polar surface area (TPSA) is 21.1 Å². The standard InChI is InChI=1S/C22H24FN3/c1-6-10-26(16(4)15(2)3)19-9-7-8-17(11-19)20-12-18(23)13-21-22(20)25(5)14-24-21/h6-15H,4H2,1-3,5H3/b10-6-. The lowest BCUT2D eigenvalue weighted by molar-refractivity contribution is 0.630. The number of anilines is 1. The van der Waals surface area contributed by atoms with Crippen LogP contribution < -0.4 is 4.90 Å². The predicted molar refractivity (Wildman–Crippen MR) is 107 cm³/mol. The van der Waals surface area contributed by atoms with Gasteiger partial charge in [0.1, 0.15) is 5.82 Å². The molecule has 26 heavy (non-hydrogen) atoms. The van der Waals surface area contributed by atoms with Gasteiger partial charge < -0.3 is 9.47 Å². The molecule has 1 aromatic heterocycles. The van der Waals surface area contributed by atoms with Crippen molar-refractivity contribution in [3.63, 3.8) is 0 Å². The zero-order chi connectivity index (χ0) is 18.8. The van der Waals surface area contributed by atoms with Crippen LogP contribution in [0.15, 0.2) is 67.3 Å². The molecule has 4 heteroatoms. The predicted octanol–water partition coefficient (Wildman–Crippen LogP) is 5.89. The first-order valence-electron chi connectivity index (χ1n) is 8.74. The van der Waals surface area contributed by atoms with Gasteiger partial charge in [-0.25, -0.2) is 9.37 Å². The molecule has 0 bridgehead atoms. The van der Waals surface area contributed by atoms with Crippen molar-refractivity contribution in [2.24, 2.45) is 13.0 Å². The molecular weight excluding hydrogens is 325 g/mol. The highest BCUT2D eigenvalue weighted by Gasteiger charge is 2.14. The molecule has 0 spiro atoms. The normalized spacial score (nSPS) is 11.6. The van der Waals surface area contributed by atoms with Crippen LogP contribution in [-0.4, -0.2) is 9.55 Å². The molecule has 0 amide bonds. The highest BCUT2D eigenvalue weighted by Crippen LogP contribution is 2.33. The average molecular weight is 349 g/mol. The molecule has 0 aliphatic carbocycles. The van der Waals surface area contributed by atoms with E-state index >= 15 is 0 Å². The summed E-state index contributed by atoms with van der Waals surface area (Å²) in [5.41, 5.74) is 5.36. The van der Waals surface area contributed by atoms with Gasteiger partial charge in [0.15, 0.2) is 0 Å². The molecule has 0 saturated heterocycles. The molecule has 0 saturated carbocycles. The highest BCUT2D eigenvalue weighted by atomic mass is 19.1. The summed E-state index contributed by atoms with van der Waals surface area (Å²) in [4.78, 5) is 6.37. The first kappa shape index (κ1) is 17.9. The van der Waals surface area contributed by atoms with Crippen molar-refractivity contribution in [1.82, 2.24) is 9.55 Å². The van der Waals surface area contributed by atoms with Gasteiger partial charge in [-0.05, 0) is 36.6 Å². The van der Waals surface area contributed by atoms with Crippen molar-refractivity contribution in [3.8, 4) is 11.1 Å². The zero-order valence-electron chi connectivity index (χ0n) is 15.7. The third kappa shape index (κ3) is 3.27. The van der Waals surface area contributed by atoms with Crippen molar-refractivity contribution >= 4 is 16.7 Å². The summed E-state index contributed by atoms with van der Waals surface area (Å²) in [6.45, 7) is 10.4. The maximum atomic E-state index is 14.1. The average Bonchev–Trinajstić information content (AvgIpc) is 2.99. The Balaban J connectivity index is 2.16. The second-order valence-corrected chi connectivity index (χ2v) is 6.73. The molecule has 3 aromatic rings. The second-order valence-electron chi connectivity index (χ2n) is 6.73. The number of aromatic nitrogens is 2. The van der Waals surface area contributed by atoms with Crippen molar-refractivity contribution in [2.45, 2.75) is 20.8 Å². The molecule has 0 unspecified atom stereocenters. The maximum Gasteiger partial charge on any atom is 0.126 e. The molecule has 0 atom stereocenters. The highest BCUT2D eigenvalue weighted by molar-refractivity contribution is 5.93. The largest absolute Gasteiger partial charge is 0.333 e. The van der Waals surface area contributed by atoms with Gasteiger partial charge in [-0.1, -0.05) is 38.6 Å². The minimum atomic E-state index is -0.284. The number of benzene rings is 2. The minimum absolute atomic E-state index is 0.284. The van der Waals surface area contributed by atoms with E-state index in [2.05, 4.69) is 36.4 Å². The Morgan fingerprint density at radius 2 is 2.04 bits per heavy atom. The lowest BCUT2D eigenvalue weighted by Crippen LogP contribution is -2.18. The third-order valence-electron chi connectivity index (χ3n) is 4.49. The first-order valence-corrected chi connectivity index (χ1v) is 8.74. The number of fused-ring (bicyclic) bond motifs is 1. The summed E-state index contributed by atoms with van der Waals surface area (Å²) in [6.07, 6.45) is 5.71. The van der Waals surface area contributed by atoms with Crippen LogP contribution in [0.3, 0.4) is 0 Å². The van der Waals surface area contributed by atoms with Gasteiger partial charge in [0.05, 0.1) is 17.4 Å². The molecule has 0 aliphatic heterocycles. The van der Waals surface area contributed by atoms with Crippen LogP contribution in [-0.2, 0) is 7.05 Å². The number of imidazole rings is 1. The first-order chi connectivity index (χ1) is 12.4. The van der Waals surface area contributed by atoms with E-state index < -0.39 is 0 Å². The molecule has 0 fully saturated rings. The fourth-order valence-corrected chi connectivity index (χ4v) is 3.08. The number of nitrogens with zero attached hydrogens (tertiary/aromatic N) is 3. The van der Waals surface area contributed by atoms with Crippen LogP contribution >= 0.6 is 0 Å². The number of rotatable bonds is 5. The van der Waals surface area contributed by atoms with Crippen LogP contribution in [0.2, 0.25) is 0 Å². The molecular formula is C22H24FN3. The molecule has 2 aromatic carbocycles. The lowest BCUT2D eigenvalue weighted by Gasteiger charge is -2.26. The molecule has 0 radical (unpaired) electrons. The van der Waals surface area contributed by atoms with Gasteiger partial charge in [0.25, 0.3) is 0 Å². The van der Waals surface area contributed by atoms with Gasteiger partial charge in [-0.2, -0.15) is 0 Å². The summed E-state index contributed by atoms with van der Waals surface area (Å²) >= 11 is 0. The van der Waals surface area contributed by atoms with Crippen molar-refractivity contribution in [2.75, 3.05) is 4.90 Å². The van der Waals surface area contributed by atoms with Crippen molar-refractivity contribution in [3.05, 3.63) is 73.1 Å². The molecule has 0 N–H and O–H groups in total. The Morgan fingerprint density at radius 1 is 1.27 bits per heavy atom. The molecule has 3 rings (SSSR count). The van der Waals surface area contributed by atoms with E-state index in [4.69, 9.17) is 0 Å². The van der Waals surface area contributed by atoms with Gasteiger partial charge in [0.2, 0.25) is 0 Å². The van der Waals surface area contributed by atoms with Crippen molar-refractivity contribution < 1.29 is 4.39 Å². The van der Waals surface area contributed by atoms with Crippen LogP contribution in [0.5, 0.6) is 0 Å². The van der Waals surface area contributed by atoms with Crippen LogP contribution in [0.1, 0.15) is 20.8 Å². The zero-order valence-corrected chi connectivity index (χ0v) is 15.7. The third-order valence-corrected chi connectivity index (χ3v) is 4.49. The van der Waals surface area contributed by atoms with E-state index in [9.17, 15) is 4.39 Å². The molecule has 3 nitrogen and oxygen atoms in total. The number of aryl methyl sites for hydroxylation is 1. The van der Waals surface area contributed by atoms with Gasteiger partial charge >= 0.3 is 0 Å². The second kappa shape index (κ2) is 7.16. The monoisotopic (exact) mass is 349 g/mol. The summed E-state index contributed by atoms with van der Waals surface area (Å²) in [5.74, 6) is 0.0290. The summed E-state index contributed by atoms with van der Waals surface area (Å²) in [6, 6.07) is 11.1. The fourth-order valence-electron chi connectivity index (χ4n) is 3.08. The molecule has 134 valence electrons. The van der Waals surface area contributed by atoms with Crippen LogP contribution in [0, 0.1) is 11.7 Å². The fraction of sp³-hybridized carbons (Fsp3) is 0.227. The number of hydrogen-bond donors (Lipinski definition) is 0. The van der Waals surface area contributed by atoms with E-state index in [0.29, 0.717) is 11.4 Å². The number of hydrogen-bond acceptors (Lipinski definition) is 2. The van der Waals surface area contributed by atoms with E-state index in [-0.39, 0.29) is 5.82 Å². The Bertz CT molecular complexity index is 982. The lowest BCUT2D eigenvalue weighted by atomic mass is 10.0. The van der Waals surface area contributed by atoms with E-state index in [1.54, 1.807) is 12.4 Å². The smallest absolute Gasteiger partial charge is 0.126 e. The summed E-state index contributed by atoms with van der Waals surface area (Å²) < 4.78 is 16.0. The Kier molecular flexibility index (Phi) is 4.94. The van der Waals surface area contributed by atoms with Crippen LogP contribution in [0.4, 0.5) is 10.1 Å². The quantitative estimate of drug-likeness (QED) is 0.573. The molecule has 0 aliphatic rings. The number of halogens is 1. The van der Waals surface area contributed by atoms with E-state index in [1.165, 1.54) is 6.07 Å². The van der Waals surface area contributed by atoms with Crippen LogP contribution in [0.25, 0.3) is 22.2 Å². The van der Waals surface area contributed by atoms with E-state index in [0.717, 1.165) is 28.0 Å². The maximum absolute atomic E-state index is 14.1. The summed E-state index contributed by atoms with van der Waals surface area (Å²) in [5, 5.41) is 0. The summed E-state index contributed by atoms with van der Waals surface area (Å²) in [7, 11) is 1.92. The SMILES string of the molecule is C=C(C(C)C)N(/C=C\C)c1cccc(-c2cc(F)cc3ncn(C)c23)c1. The van der Waals surface area contributed by atoms with Gasteiger partial charge in [-0.3, -0.25) is 0 Å². The Hall–Kier alpha value is -2.88. The Morgan fingerprint density at radius 3 is 2.73 bits per heavy atom. The Labute approximate surface area is 154 Å². The van der Waals surface area contributed by atoms with Gasteiger partial charge in [0, 0.05) is 36.3 Å². The molecule has 1 heterocycles. The van der Waals surface area contributed by atoms with E-state index in [1.807, 2.05) is 49.0 Å².